The highest BCUT2D eigenvalue weighted by Gasteiger charge is 2.60. The van der Waals surface area contributed by atoms with Gasteiger partial charge in [0, 0.05) is 10.4 Å². The number of rotatable bonds is 4. The van der Waals surface area contributed by atoms with Crippen molar-refractivity contribution in [2.24, 2.45) is 17.3 Å². The van der Waals surface area contributed by atoms with Gasteiger partial charge in [-0.25, -0.2) is 4.98 Å². The number of esters is 1. The number of hydrogen-bond donors (Lipinski definition) is 0. The zero-order chi connectivity index (χ0) is 17.8. The molecule has 0 N–H and O–H groups in total. The maximum Gasteiger partial charge on any atom is 0.312 e. The highest BCUT2D eigenvalue weighted by molar-refractivity contribution is 6.24. The Kier molecular flexibility index (Phi) is 3.68. The molecular weight excluding hydrogens is 350 g/mol. The molecule has 4 aliphatic rings. The number of carbonyl (C=O) groups excluding carboxylic acids is 1. The van der Waals surface area contributed by atoms with Crippen LogP contribution < -0.4 is 0 Å². The lowest BCUT2D eigenvalue weighted by Gasteiger charge is -2.58. The van der Waals surface area contributed by atoms with E-state index >= 15 is 0 Å². The molecule has 4 aliphatic carbocycles. The van der Waals surface area contributed by atoms with E-state index in [1.165, 1.54) is 6.42 Å². The van der Waals surface area contributed by atoms with Crippen LogP contribution in [-0.2, 0) is 16.1 Å². The normalized spacial score (nSPS) is 34.8. The molecule has 4 atom stereocenters. The molecule has 1 aromatic carbocycles. The van der Waals surface area contributed by atoms with Crippen molar-refractivity contribution in [3.63, 3.8) is 0 Å². The van der Waals surface area contributed by atoms with Crippen LogP contribution in [0.5, 0.6) is 0 Å². The number of hydrogen-bond acceptors (Lipinski definition) is 4. The molecule has 0 amide bonds. The fourth-order valence-electron chi connectivity index (χ4n) is 5.78. The van der Waals surface area contributed by atoms with Crippen LogP contribution in [0.2, 0.25) is 0 Å². The van der Waals surface area contributed by atoms with E-state index in [2.05, 4.69) is 4.98 Å². The average molecular weight is 372 g/mol. The van der Waals surface area contributed by atoms with Gasteiger partial charge in [-0.3, -0.25) is 4.79 Å². The summed E-state index contributed by atoms with van der Waals surface area (Å²) in [5.74, 6) is 2.16. The van der Waals surface area contributed by atoms with Crippen LogP contribution in [0.4, 0.5) is 0 Å². The van der Waals surface area contributed by atoms with E-state index < -0.39 is 0 Å². The molecule has 2 aromatic rings. The van der Waals surface area contributed by atoms with Crippen molar-refractivity contribution in [3.8, 4) is 11.3 Å². The molecule has 136 valence electrons. The minimum Gasteiger partial charge on any atom is -0.455 e. The van der Waals surface area contributed by atoms with Crippen LogP contribution in [0.1, 0.15) is 44.4 Å². The molecule has 4 nitrogen and oxygen atoms in total. The van der Waals surface area contributed by atoms with Crippen LogP contribution in [0.25, 0.3) is 11.3 Å². The summed E-state index contributed by atoms with van der Waals surface area (Å²) in [6.45, 7) is 0.0814. The number of halogens is 1. The molecule has 1 heterocycles. The van der Waals surface area contributed by atoms with Crippen molar-refractivity contribution in [1.29, 1.82) is 0 Å². The zero-order valence-electron chi connectivity index (χ0n) is 14.6. The lowest BCUT2D eigenvalue weighted by molar-refractivity contribution is -0.172. The number of oxazole rings is 1. The third kappa shape index (κ3) is 2.75. The van der Waals surface area contributed by atoms with E-state index in [-0.39, 0.29) is 22.9 Å². The molecule has 0 radical (unpaired) electrons. The molecule has 6 rings (SSSR count). The van der Waals surface area contributed by atoms with Gasteiger partial charge in [-0.15, -0.1) is 11.6 Å². The smallest absolute Gasteiger partial charge is 0.312 e. The van der Waals surface area contributed by atoms with Gasteiger partial charge in [0.1, 0.15) is 0 Å². The second kappa shape index (κ2) is 5.85. The fraction of sp³-hybridized carbons (Fsp3) is 0.524. The van der Waals surface area contributed by atoms with Crippen molar-refractivity contribution < 1.29 is 13.9 Å². The SMILES string of the molecule is O=C(OCc1ncc(-c2ccccc2)o1)C12C[C@@H]3C[C@@H](CC(Cl)(C3)C1)C2. The van der Waals surface area contributed by atoms with Crippen molar-refractivity contribution in [3.05, 3.63) is 42.4 Å². The second-order valence-corrected chi connectivity index (χ2v) is 9.25. The summed E-state index contributed by atoms with van der Waals surface area (Å²) < 4.78 is 11.4. The van der Waals surface area contributed by atoms with Gasteiger partial charge in [0.25, 0.3) is 0 Å². The van der Waals surface area contributed by atoms with Crippen LogP contribution >= 0.6 is 11.6 Å². The summed E-state index contributed by atoms with van der Waals surface area (Å²) in [6, 6.07) is 9.79. The van der Waals surface area contributed by atoms with E-state index in [0.29, 0.717) is 23.5 Å². The van der Waals surface area contributed by atoms with E-state index in [4.69, 9.17) is 20.8 Å². The standard InChI is InChI=1S/C21H22ClNO3/c22-21-9-14-6-15(10-21)8-20(7-14,13-21)19(24)25-12-18-23-11-17(26-18)16-4-2-1-3-5-16/h1-5,11,14-15H,6-10,12-13H2/t14-,15+,20?,21?. The van der Waals surface area contributed by atoms with Gasteiger partial charge in [-0.1, -0.05) is 30.3 Å². The monoisotopic (exact) mass is 371 g/mol. The minimum atomic E-state index is -0.388. The fourth-order valence-corrected chi connectivity index (χ4v) is 6.48. The summed E-state index contributed by atoms with van der Waals surface area (Å²) >= 11 is 6.81. The lowest BCUT2D eigenvalue weighted by Crippen LogP contribution is -2.56. The Bertz CT molecular complexity index is 817. The molecular formula is C21H22ClNO3. The molecule has 26 heavy (non-hydrogen) atoms. The van der Waals surface area contributed by atoms with Crippen LogP contribution in [-0.4, -0.2) is 15.8 Å². The van der Waals surface area contributed by atoms with Gasteiger partial charge in [0.2, 0.25) is 5.89 Å². The first-order valence-electron chi connectivity index (χ1n) is 9.40. The predicted octanol–water partition coefficient (Wildman–Crippen LogP) is 4.96. The van der Waals surface area contributed by atoms with Crippen LogP contribution in [0.15, 0.2) is 40.9 Å². The number of benzene rings is 1. The summed E-state index contributed by atoms with van der Waals surface area (Å²) in [5, 5.41) is 0. The van der Waals surface area contributed by atoms with Crippen LogP contribution in [0, 0.1) is 17.3 Å². The molecule has 4 saturated carbocycles. The number of ether oxygens (including phenoxy) is 1. The number of carbonyl (C=O) groups is 1. The first kappa shape index (κ1) is 16.4. The third-order valence-electron chi connectivity index (χ3n) is 6.36. The van der Waals surface area contributed by atoms with Gasteiger partial charge in [0.15, 0.2) is 12.4 Å². The first-order valence-corrected chi connectivity index (χ1v) is 9.78. The molecule has 2 unspecified atom stereocenters. The Hall–Kier alpha value is -1.81. The molecule has 0 aliphatic heterocycles. The van der Waals surface area contributed by atoms with Gasteiger partial charge in [-0.2, -0.15) is 0 Å². The Morgan fingerprint density at radius 1 is 1.19 bits per heavy atom. The molecule has 4 fully saturated rings. The van der Waals surface area contributed by atoms with Gasteiger partial charge in [0.05, 0.1) is 11.6 Å². The van der Waals surface area contributed by atoms with E-state index in [1.54, 1.807) is 6.20 Å². The molecule has 1 aromatic heterocycles. The Labute approximate surface area is 157 Å². The van der Waals surface area contributed by atoms with E-state index in [9.17, 15) is 4.79 Å². The summed E-state index contributed by atoms with van der Waals surface area (Å²) in [5.41, 5.74) is 0.573. The molecule has 4 bridgehead atoms. The van der Waals surface area contributed by atoms with Crippen LogP contribution in [0.3, 0.4) is 0 Å². The highest BCUT2D eigenvalue weighted by Crippen LogP contribution is 2.64. The predicted molar refractivity (Wildman–Crippen MR) is 97.4 cm³/mol. The summed E-state index contributed by atoms with van der Waals surface area (Å²) in [4.78, 5) is 17.0. The zero-order valence-corrected chi connectivity index (χ0v) is 15.4. The summed E-state index contributed by atoms with van der Waals surface area (Å²) in [7, 11) is 0. The number of alkyl halides is 1. The Morgan fingerprint density at radius 2 is 1.92 bits per heavy atom. The van der Waals surface area contributed by atoms with Crippen molar-refractivity contribution in [2.45, 2.75) is 50.0 Å². The van der Waals surface area contributed by atoms with Gasteiger partial charge < -0.3 is 9.15 Å². The highest BCUT2D eigenvalue weighted by atomic mass is 35.5. The Morgan fingerprint density at radius 3 is 2.62 bits per heavy atom. The molecule has 0 spiro atoms. The lowest BCUT2D eigenvalue weighted by atomic mass is 9.49. The first-order chi connectivity index (χ1) is 12.5. The van der Waals surface area contributed by atoms with Crippen molar-refractivity contribution in [1.82, 2.24) is 4.98 Å². The third-order valence-corrected chi connectivity index (χ3v) is 6.80. The number of aromatic nitrogens is 1. The minimum absolute atomic E-state index is 0.0814. The quantitative estimate of drug-likeness (QED) is 0.562. The maximum atomic E-state index is 12.9. The van der Waals surface area contributed by atoms with E-state index in [1.807, 2.05) is 30.3 Å². The summed E-state index contributed by atoms with van der Waals surface area (Å²) in [6.07, 6.45) is 7.63. The second-order valence-electron chi connectivity index (χ2n) is 8.45. The molecule has 0 saturated heterocycles. The van der Waals surface area contributed by atoms with Gasteiger partial charge in [-0.05, 0) is 50.4 Å². The average Bonchev–Trinajstić information content (AvgIpc) is 3.07. The maximum absolute atomic E-state index is 12.9. The van der Waals surface area contributed by atoms with Crippen molar-refractivity contribution >= 4 is 17.6 Å². The van der Waals surface area contributed by atoms with Crippen molar-refractivity contribution in [2.75, 3.05) is 0 Å². The molecule has 5 heteroatoms. The largest absolute Gasteiger partial charge is 0.455 e. The topological polar surface area (TPSA) is 52.3 Å². The number of nitrogens with zero attached hydrogens (tertiary/aromatic N) is 1. The van der Waals surface area contributed by atoms with Gasteiger partial charge >= 0.3 is 5.97 Å². The Balaban J connectivity index is 1.28. The van der Waals surface area contributed by atoms with E-state index in [0.717, 1.165) is 37.7 Å².